The molecule has 0 aliphatic heterocycles. The largest absolute Gasteiger partial charge is 0.546 e. The van der Waals surface area contributed by atoms with Gasteiger partial charge in [-0.3, -0.25) is 4.79 Å². The number of H-pyrrole nitrogens is 1. The molecule has 13 nitrogen and oxygen atoms in total. The minimum atomic E-state index is -1.35. The van der Waals surface area contributed by atoms with E-state index in [0.717, 1.165) is 6.42 Å². The van der Waals surface area contributed by atoms with Crippen LogP contribution in [-0.2, 0) is 11.2 Å². The van der Waals surface area contributed by atoms with Crippen LogP contribution in [0.4, 0.5) is 5.82 Å². The quantitative estimate of drug-likeness (QED) is 0.212. The third kappa shape index (κ3) is 4.57. The Bertz CT molecular complexity index is 1070. The molecule has 1 amide bonds. The summed E-state index contributed by atoms with van der Waals surface area (Å²) in [6.45, 7) is 1.33. The number of nitrogens with one attached hydrogen (secondary N) is 2. The predicted octanol–water partition coefficient (Wildman–Crippen LogP) is -1.50. The van der Waals surface area contributed by atoms with Gasteiger partial charge >= 0.3 is 11.7 Å². The van der Waals surface area contributed by atoms with Gasteiger partial charge in [0.05, 0.1) is 12.2 Å². The lowest BCUT2D eigenvalue weighted by atomic mass is 10.2. The number of benzene rings is 1. The van der Waals surface area contributed by atoms with Crippen LogP contribution in [0.2, 0.25) is 0 Å². The molecule has 0 spiro atoms. The van der Waals surface area contributed by atoms with Gasteiger partial charge in [-0.2, -0.15) is 9.73 Å². The van der Waals surface area contributed by atoms with Gasteiger partial charge in [-0.1, -0.05) is 19.1 Å². The number of rotatable bonds is 9. The average molecular weight is 414 g/mol. The van der Waals surface area contributed by atoms with Crippen LogP contribution in [0.25, 0.3) is 5.82 Å². The van der Waals surface area contributed by atoms with E-state index >= 15 is 0 Å². The Morgan fingerprint density at radius 3 is 2.90 bits per heavy atom. The van der Waals surface area contributed by atoms with Gasteiger partial charge in [-0.25, -0.2) is 5.43 Å². The zero-order valence-corrected chi connectivity index (χ0v) is 15.9. The van der Waals surface area contributed by atoms with Gasteiger partial charge in [0.2, 0.25) is 0 Å². The summed E-state index contributed by atoms with van der Waals surface area (Å²) in [6, 6.07) is 6.59. The Morgan fingerprint density at radius 2 is 2.20 bits per heavy atom. The molecule has 0 saturated heterocycles. The minimum absolute atomic E-state index is 0.0409. The summed E-state index contributed by atoms with van der Waals surface area (Å²) in [6.07, 6.45) is 2.54. The number of carbonyl (C=O) groups excluding carboxylic acids is 2. The Hall–Kier alpha value is -4.29. The number of nitrogen functional groups attached to an aromatic ring is 1. The molecular formula is C17H18N8O5. The van der Waals surface area contributed by atoms with Gasteiger partial charge in [0.1, 0.15) is 17.5 Å². The van der Waals surface area contributed by atoms with E-state index in [1.54, 1.807) is 24.3 Å². The third-order valence-corrected chi connectivity index (χ3v) is 3.85. The van der Waals surface area contributed by atoms with E-state index < -0.39 is 18.5 Å². The number of aliphatic carboxylic acids is 1. The van der Waals surface area contributed by atoms with E-state index in [1.807, 2.05) is 6.92 Å². The normalized spacial score (nSPS) is 11.0. The maximum absolute atomic E-state index is 12.6. The van der Waals surface area contributed by atoms with Crippen LogP contribution in [0.1, 0.15) is 35.1 Å². The molecule has 0 aliphatic rings. The van der Waals surface area contributed by atoms with Gasteiger partial charge in [-0.05, 0) is 28.8 Å². The molecule has 0 unspecified atom stereocenters. The van der Waals surface area contributed by atoms with E-state index in [0.29, 0.717) is 17.7 Å². The van der Waals surface area contributed by atoms with Gasteiger partial charge in [0.15, 0.2) is 5.69 Å². The molecule has 0 bridgehead atoms. The van der Waals surface area contributed by atoms with Crippen LogP contribution >= 0.6 is 0 Å². The Kier molecular flexibility index (Phi) is 6.32. The molecule has 3 aromatic rings. The van der Waals surface area contributed by atoms with E-state index in [1.165, 1.54) is 10.9 Å². The number of amides is 1. The molecule has 2 aromatic heterocycles. The first-order valence-electron chi connectivity index (χ1n) is 8.84. The lowest BCUT2D eigenvalue weighted by Crippen LogP contribution is -2.39. The molecule has 4 N–H and O–H groups in total. The first-order valence-corrected chi connectivity index (χ1v) is 8.84. The number of carbonyl (C=O) groups is 2. The molecule has 0 atom stereocenters. The van der Waals surface area contributed by atoms with Crippen molar-refractivity contribution >= 4 is 23.9 Å². The lowest BCUT2D eigenvalue weighted by molar-refractivity contribution is -0.670. The Labute approximate surface area is 169 Å². The van der Waals surface area contributed by atoms with Crippen molar-refractivity contribution in [2.24, 2.45) is 5.10 Å². The number of carboxylic acids is 1. The summed E-state index contributed by atoms with van der Waals surface area (Å²) >= 11 is 0. The SMILES string of the molecule is CCCc1c(C(=O)NN=Cc2ccccc2OCC(=O)[O-])n[nH][n+]1-c1nonc1N. The number of anilines is 1. The molecule has 0 radical (unpaired) electrons. The second-order valence-corrected chi connectivity index (χ2v) is 5.96. The molecule has 0 saturated carbocycles. The highest BCUT2D eigenvalue weighted by Gasteiger charge is 2.29. The smallest absolute Gasteiger partial charge is 0.376 e. The van der Waals surface area contributed by atoms with Crippen molar-refractivity contribution in [2.45, 2.75) is 19.8 Å². The fourth-order valence-electron chi connectivity index (χ4n) is 2.57. The number of para-hydroxylation sites is 1. The summed E-state index contributed by atoms with van der Waals surface area (Å²) in [5.41, 5.74) is 9.16. The van der Waals surface area contributed by atoms with Crippen LogP contribution in [0.3, 0.4) is 0 Å². The van der Waals surface area contributed by atoms with Gasteiger partial charge in [0, 0.05) is 12.0 Å². The molecule has 3 rings (SSSR count). The fraction of sp³-hybridized carbons (Fsp3) is 0.235. The van der Waals surface area contributed by atoms with Gasteiger partial charge in [-0.15, -0.1) is 9.90 Å². The molecule has 13 heteroatoms. The van der Waals surface area contributed by atoms with Crippen molar-refractivity contribution in [3.05, 3.63) is 41.2 Å². The molecule has 2 heterocycles. The zero-order chi connectivity index (χ0) is 21.5. The topological polar surface area (TPSA) is 188 Å². The molecular weight excluding hydrogens is 396 g/mol. The van der Waals surface area contributed by atoms with Gasteiger partial charge < -0.3 is 20.4 Å². The summed E-state index contributed by atoms with van der Waals surface area (Å²) in [4.78, 5) is 23.1. The third-order valence-electron chi connectivity index (χ3n) is 3.85. The van der Waals surface area contributed by atoms with Crippen molar-refractivity contribution in [2.75, 3.05) is 12.3 Å². The van der Waals surface area contributed by atoms with Crippen LogP contribution in [0, 0.1) is 0 Å². The first-order chi connectivity index (χ1) is 14.5. The Balaban J connectivity index is 1.77. The second kappa shape index (κ2) is 9.27. The van der Waals surface area contributed by atoms with Crippen LogP contribution < -0.4 is 25.7 Å². The van der Waals surface area contributed by atoms with Crippen molar-refractivity contribution in [3.8, 4) is 11.6 Å². The summed E-state index contributed by atoms with van der Waals surface area (Å²) < 4.78 is 11.1. The number of carboxylic acid groups (broad SMARTS) is 1. The predicted molar refractivity (Wildman–Crippen MR) is 98.4 cm³/mol. The monoisotopic (exact) mass is 414 g/mol. The van der Waals surface area contributed by atoms with Crippen LogP contribution in [-0.4, -0.2) is 45.3 Å². The number of hydrogen-bond donors (Lipinski definition) is 3. The van der Waals surface area contributed by atoms with E-state index in [4.69, 9.17) is 10.5 Å². The van der Waals surface area contributed by atoms with E-state index in [2.05, 4.69) is 35.8 Å². The highest BCUT2D eigenvalue weighted by atomic mass is 16.6. The number of hydrogen-bond acceptors (Lipinski definition) is 10. The molecule has 0 fully saturated rings. The number of nitrogens with zero attached hydrogens (tertiary/aromatic N) is 5. The van der Waals surface area contributed by atoms with E-state index in [-0.39, 0.29) is 23.1 Å². The highest BCUT2D eigenvalue weighted by molar-refractivity contribution is 5.94. The first kappa shape index (κ1) is 20.4. The minimum Gasteiger partial charge on any atom is -0.546 e. The van der Waals surface area contributed by atoms with Crippen LogP contribution in [0.5, 0.6) is 5.75 Å². The zero-order valence-electron chi connectivity index (χ0n) is 15.9. The van der Waals surface area contributed by atoms with Crippen molar-refractivity contribution in [3.63, 3.8) is 0 Å². The number of aromatic amines is 1. The van der Waals surface area contributed by atoms with Gasteiger partial charge in [0.25, 0.3) is 11.5 Å². The molecule has 30 heavy (non-hydrogen) atoms. The summed E-state index contributed by atoms with van der Waals surface area (Å²) in [7, 11) is 0. The summed E-state index contributed by atoms with van der Waals surface area (Å²) in [5, 5.41) is 28.4. The Morgan fingerprint density at radius 1 is 1.40 bits per heavy atom. The van der Waals surface area contributed by atoms with Crippen molar-refractivity contribution in [1.82, 2.24) is 26.1 Å². The maximum atomic E-state index is 12.6. The molecule has 156 valence electrons. The van der Waals surface area contributed by atoms with Crippen molar-refractivity contribution in [1.29, 1.82) is 0 Å². The number of nitrogens with two attached hydrogens (primary N) is 1. The van der Waals surface area contributed by atoms with Crippen molar-refractivity contribution < 1.29 is 28.7 Å². The standard InChI is InChI=1S/C17H18N8O5/c1-2-5-11-14(20-24-25(11)16-15(18)22-30-23-16)17(28)21-19-8-10-6-3-4-7-12(10)29-9-13(26)27/h3-4,6-8H,2,5,9H2,1H3,(H4,18,21,22,26,27,28). The molecule has 0 aliphatic carbocycles. The number of aromatic nitrogens is 5. The van der Waals surface area contributed by atoms with Crippen LogP contribution in [0.15, 0.2) is 34.0 Å². The number of ether oxygens (including phenoxy) is 1. The maximum Gasteiger partial charge on any atom is 0.376 e. The van der Waals surface area contributed by atoms with E-state index in [9.17, 15) is 14.7 Å². The summed E-state index contributed by atoms with van der Waals surface area (Å²) in [5.74, 6) is -1.43. The lowest BCUT2D eigenvalue weighted by Gasteiger charge is -2.08. The average Bonchev–Trinajstić information content (AvgIpc) is 3.33. The fourth-order valence-corrected chi connectivity index (χ4v) is 2.57. The number of hydrazone groups is 1. The molecule has 1 aromatic carbocycles. The second-order valence-electron chi connectivity index (χ2n) is 5.96. The highest BCUT2D eigenvalue weighted by Crippen LogP contribution is 2.15.